The second kappa shape index (κ2) is 20.2. The van der Waals surface area contributed by atoms with Gasteiger partial charge in [-0.15, -0.1) is 0 Å². The van der Waals surface area contributed by atoms with E-state index in [-0.39, 0.29) is 35.8 Å². The summed E-state index contributed by atoms with van der Waals surface area (Å²) in [4.78, 5) is 49.2. The quantitative estimate of drug-likeness (QED) is 0.0586. The Morgan fingerprint density at radius 3 is 1.48 bits per heavy atom. The molecule has 0 aliphatic carbocycles. The van der Waals surface area contributed by atoms with Crippen molar-refractivity contribution in [3.8, 4) is 0 Å². The van der Waals surface area contributed by atoms with E-state index in [1.54, 1.807) is 0 Å². The monoisotopic (exact) mass is 491 g/mol. The molecule has 13 heteroatoms. The maximum Gasteiger partial charge on any atom is 0.352 e. The Balaban J connectivity index is 3.39. The number of carbonyl (C=O) groups excluding carboxylic acids is 4. The van der Waals surface area contributed by atoms with Gasteiger partial charge in [0.15, 0.2) is 0 Å². The van der Waals surface area contributed by atoms with Gasteiger partial charge in [0, 0.05) is 50.4 Å². The second-order valence-corrected chi connectivity index (χ2v) is 6.77. The van der Waals surface area contributed by atoms with Crippen LogP contribution in [0.5, 0.6) is 0 Å². The lowest BCUT2D eigenvalue weighted by atomic mass is 10.2. The predicted octanol–water partition coefficient (Wildman–Crippen LogP) is -0.254. The van der Waals surface area contributed by atoms with Crippen LogP contribution in [0.4, 0.5) is 0 Å². The average molecular weight is 492 g/mol. The molecule has 0 aliphatic rings. The van der Waals surface area contributed by atoms with Crippen molar-refractivity contribution in [3.63, 3.8) is 0 Å². The van der Waals surface area contributed by atoms with E-state index < -0.39 is 11.9 Å². The molecule has 4 N–H and O–H groups in total. The van der Waals surface area contributed by atoms with E-state index in [4.69, 9.17) is 20.1 Å². The average Bonchev–Trinajstić information content (AvgIpc) is 2.80. The Hall–Kier alpha value is -2.45. The van der Waals surface area contributed by atoms with Gasteiger partial charge in [0.25, 0.3) is 0 Å². The first-order valence-corrected chi connectivity index (χ1v) is 10.6. The van der Waals surface area contributed by atoms with Crippen LogP contribution < -0.4 is 16.5 Å². The number of rotatable bonds is 20. The highest BCUT2D eigenvalue weighted by atomic mass is 32.1. The number of nitrogens with one attached hydrogen (secondary N) is 2. The lowest BCUT2D eigenvalue weighted by Gasteiger charge is -2.08. The number of nitrogens with two attached hydrogens (primary N) is 1. The number of hydrogen-bond acceptors (Lipinski definition) is 11. The molecule has 0 heterocycles. The predicted molar refractivity (Wildman–Crippen MR) is 121 cm³/mol. The fraction of sp³-hybridized carbons (Fsp3) is 0.600. The van der Waals surface area contributed by atoms with Crippen molar-refractivity contribution in [1.82, 2.24) is 10.6 Å². The fourth-order valence-electron chi connectivity index (χ4n) is 2.15. The molecule has 0 saturated carbocycles. The summed E-state index contributed by atoms with van der Waals surface area (Å²) in [7, 11) is 0. The molecule has 0 aromatic rings. The molecule has 0 radical (unpaired) electrons. The smallest absolute Gasteiger partial charge is 0.352 e. The Kier molecular flexibility index (Phi) is 18.7. The van der Waals surface area contributed by atoms with Crippen molar-refractivity contribution in [2.75, 3.05) is 52.7 Å². The van der Waals surface area contributed by atoms with Gasteiger partial charge in [-0.2, -0.15) is 5.90 Å². The van der Waals surface area contributed by atoms with Crippen molar-refractivity contribution in [2.45, 2.75) is 25.7 Å². The van der Waals surface area contributed by atoms with Gasteiger partial charge in [0.1, 0.15) is 0 Å². The van der Waals surface area contributed by atoms with Crippen LogP contribution in [0.2, 0.25) is 0 Å². The van der Waals surface area contributed by atoms with Gasteiger partial charge >= 0.3 is 11.9 Å². The van der Waals surface area contributed by atoms with E-state index in [0.29, 0.717) is 65.6 Å². The summed E-state index contributed by atoms with van der Waals surface area (Å²) in [6.07, 6.45) is 0.896. The number of amides is 2. The fourth-order valence-corrected chi connectivity index (χ4v) is 2.28. The van der Waals surface area contributed by atoms with Gasteiger partial charge in [-0.3, -0.25) is 9.59 Å². The normalized spacial score (nSPS) is 10.2. The van der Waals surface area contributed by atoms with Gasteiger partial charge in [0.05, 0.1) is 39.3 Å². The zero-order chi connectivity index (χ0) is 24.9. The third-order valence-corrected chi connectivity index (χ3v) is 4.00. The molecule has 0 spiro atoms. The molecule has 0 saturated heterocycles. The maximum absolute atomic E-state index is 11.6. The minimum absolute atomic E-state index is 0.0177. The molecule has 12 nitrogen and oxygen atoms in total. The van der Waals surface area contributed by atoms with Crippen LogP contribution >= 0.6 is 12.9 Å². The zero-order valence-corrected chi connectivity index (χ0v) is 19.5. The van der Waals surface area contributed by atoms with Crippen molar-refractivity contribution in [2.24, 2.45) is 5.90 Å². The summed E-state index contributed by atoms with van der Waals surface area (Å²) in [5.41, 5.74) is 0.0120. The van der Waals surface area contributed by atoms with E-state index in [9.17, 15) is 19.2 Å². The largest absolute Gasteiger partial charge is 0.391 e. The molecule has 0 aliphatic heterocycles. The molecule has 188 valence electrons. The highest BCUT2D eigenvalue weighted by molar-refractivity contribution is 7.75. The van der Waals surface area contributed by atoms with Crippen molar-refractivity contribution in [1.29, 1.82) is 0 Å². The SMILES string of the molecule is C=C(CC(=O)NCCCOCCOCCOCCCNC(=O)CC(=C)C(=O)OS)C(=O)ON. The topological polar surface area (TPSA) is 165 Å². The summed E-state index contributed by atoms with van der Waals surface area (Å²) in [5.74, 6) is 2.48. The first-order valence-electron chi connectivity index (χ1n) is 10.2. The third-order valence-electron chi connectivity index (χ3n) is 3.83. The Morgan fingerprint density at radius 2 is 1.09 bits per heavy atom. The Morgan fingerprint density at radius 1 is 0.697 bits per heavy atom. The minimum atomic E-state index is -0.818. The molecule has 0 atom stereocenters. The number of carbonyl (C=O) groups is 4. The highest BCUT2D eigenvalue weighted by Crippen LogP contribution is 2.02. The van der Waals surface area contributed by atoms with E-state index in [0.717, 1.165) is 0 Å². The summed E-state index contributed by atoms with van der Waals surface area (Å²) in [6.45, 7) is 10.2. The van der Waals surface area contributed by atoms with Gasteiger partial charge in [-0.1, -0.05) is 13.2 Å². The van der Waals surface area contributed by atoms with Gasteiger partial charge in [-0.05, 0) is 12.8 Å². The molecule has 0 unspecified atom stereocenters. The molecule has 2 amide bonds. The van der Waals surface area contributed by atoms with Crippen molar-refractivity contribution < 1.29 is 42.4 Å². The Bertz CT molecular complexity index is 605. The minimum Gasteiger partial charge on any atom is -0.391 e. The van der Waals surface area contributed by atoms with Crippen molar-refractivity contribution in [3.05, 3.63) is 24.3 Å². The molecule has 0 rings (SSSR count). The van der Waals surface area contributed by atoms with Crippen LogP contribution in [0.15, 0.2) is 24.3 Å². The van der Waals surface area contributed by atoms with Crippen LogP contribution in [0.25, 0.3) is 0 Å². The number of hydrogen-bond donors (Lipinski definition) is 4. The van der Waals surface area contributed by atoms with E-state index in [1.165, 1.54) is 0 Å². The molecule has 33 heavy (non-hydrogen) atoms. The summed E-state index contributed by atoms with van der Waals surface area (Å²) >= 11 is 3.36. The van der Waals surface area contributed by atoms with Gasteiger partial charge < -0.3 is 33.9 Å². The van der Waals surface area contributed by atoms with E-state index in [1.807, 2.05) is 0 Å². The third kappa shape index (κ3) is 17.7. The second-order valence-electron chi connectivity index (χ2n) is 6.59. The van der Waals surface area contributed by atoms with Crippen molar-refractivity contribution >= 4 is 36.7 Å². The van der Waals surface area contributed by atoms with Gasteiger partial charge in [-0.25, -0.2) is 9.59 Å². The first kappa shape index (κ1) is 30.6. The summed E-state index contributed by atoms with van der Waals surface area (Å²) in [5, 5.41) is 5.27. The van der Waals surface area contributed by atoms with E-state index in [2.05, 4.69) is 45.7 Å². The molecule has 0 aromatic carbocycles. The standard InChI is InChI=1S/C20H33N3O9S/c1-15(19(26)31-21)13-17(24)22-5-3-7-28-9-11-30-12-10-29-8-4-6-23-18(25)14-16(2)20(27)32-33/h33H,1-14,21H2,(H,22,24)(H,23,25). The molecular formula is C20H33N3O9S. The first-order chi connectivity index (χ1) is 15.8. The Labute approximate surface area is 198 Å². The summed E-state index contributed by atoms with van der Waals surface area (Å²) in [6, 6.07) is 0. The lowest BCUT2D eigenvalue weighted by Crippen LogP contribution is -2.27. The van der Waals surface area contributed by atoms with Crippen LogP contribution in [-0.4, -0.2) is 76.5 Å². The molecular weight excluding hydrogens is 458 g/mol. The van der Waals surface area contributed by atoms with Crippen LogP contribution in [0.1, 0.15) is 25.7 Å². The highest BCUT2D eigenvalue weighted by Gasteiger charge is 2.12. The lowest BCUT2D eigenvalue weighted by molar-refractivity contribution is -0.140. The maximum atomic E-state index is 11.6. The summed E-state index contributed by atoms with van der Waals surface area (Å²) < 4.78 is 20.3. The zero-order valence-electron chi connectivity index (χ0n) is 18.6. The van der Waals surface area contributed by atoms with Gasteiger partial charge in [0.2, 0.25) is 11.8 Å². The van der Waals surface area contributed by atoms with E-state index >= 15 is 0 Å². The molecule has 0 aromatic heterocycles. The van der Waals surface area contributed by atoms with Crippen LogP contribution in [-0.2, 0) is 42.4 Å². The molecule has 0 fully saturated rings. The number of thiol groups is 1. The van der Waals surface area contributed by atoms with Crippen LogP contribution in [0.3, 0.4) is 0 Å². The van der Waals surface area contributed by atoms with Crippen LogP contribution in [0, 0.1) is 0 Å². The molecule has 0 bridgehead atoms. The number of ether oxygens (including phenoxy) is 3.